The quantitative estimate of drug-likeness (QED) is 0.879. The minimum Gasteiger partial charge on any atom is -0.376 e. The number of hydrogen-bond acceptors (Lipinski definition) is 5. The van der Waals surface area contributed by atoms with Crippen LogP contribution in [0.4, 0.5) is 5.82 Å². The van der Waals surface area contributed by atoms with Crippen molar-refractivity contribution in [1.82, 2.24) is 19.5 Å². The Kier molecular flexibility index (Phi) is 3.76. The van der Waals surface area contributed by atoms with E-state index in [1.165, 1.54) is 0 Å². The first-order chi connectivity index (χ1) is 9.65. The monoisotopic (exact) mass is 295 g/mol. The molecular formula is C13H18ClN5O. The maximum atomic E-state index is 5.97. The summed E-state index contributed by atoms with van der Waals surface area (Å²) in [7, 11) is 0. The minimum absolute atomic E-state index is 0.210. The number of ether oxygens (including phenoxy) is 1. The van der Waals surface area contributed by atoms with Gasteiger partial charge < -0.3 is 14.6 Å². The van der Waals surface area contributed by atoms with Crippen molar-refractivity contribution in [2.45, 2.75) is 38.8 Å². The third-order valence-corrected chi connectivity index (χ3v) is 3.65. The molecule has 1 atom stereocenters. The van der Waals surface area contributed by atoms with Crippen LogP contribution < -0.4 is 5.32 Å². The standard InChI is InChI=1S/C13H18ClN5O/c1-8(2)19-7-16-12-10(19)11(17-13(14)18-12)15-6-9-4-3-5-20-9/h7-9H,3-6H2,1-2H3,(H,15,17,18). The number of nitrogens with one attached hydrogen (secondary N) is 1. The van der Waals surface area contributed by atoms with Gasteiger partial charge in [-0.05, 0) is 38.3 Å². The first-order valence-corrected chi connectivity index (χ1v) is 7.28. The molecule has 1 aliphatic rings. The molecule has 0 spiro atoms. The van der Waals surface area contributed by atoms with E-state index in [1.54, 1.807) is 6.33 Å². The lowest BCUT2D eigenvalue weighted by molar-refractivity contribution is 0.120. The fourth-order valence-electron chi connectivity index (χ4n) is 2.45. The van der Waals surface area contributed by atoms with Gasteiger partial charge in [-0.2, -0.15) is 9.97 Å². The number of fused-ring (bicyclic) bond motifs is 1. The molecule has 0 saturated carbocycles. The van der Waals surface area contributed by atoms with Crippen molar-refractivity contribution in [3.63, 3.8) is 0 Å². The van der Waals surface area contributed by atoms with E-state index in [4.69, 9.17) is 16.3 Å². The summed E-state index contributed by atoms with van der Waals surface area (Å²) in [5.41, 5.74) is 1.51. The largest absolute Gasteiger partial charge is 0.376 e. The SMILES string of the molecule is CC(C)n1cnc2nc(Cl)nc(NCC3CCCO3)c21. The minimum atomic E-state index is 0.210. The van der Waals surface area contributed by atoms with Crippen molar-refractivity contribution in [3.05, 3.63) is 11.6 Å². The molecule has 2 aromatic rings. The average Bonchev–Trinajstić information content (AvgIpc) is 3.04. The van der Waals surface area contributed by atoms with Crippen molar-refractivity contribution in [3.8, 4) is 0 Å². The van der Waals surface area contributed by atoms with Gasteiger partial charge in [0.05, 0.1) is 12.4 Å². The third-order valence-electron chi connectivity index (χ3n) is 3.48. The van der Waals surface area contributed by atoms with E-state index in [0.717, 1.165) is 37.3 Å². The highest BCUT2D eigenvalue weighted by molar-refractivity contribution is 6.28. The number of aromatic nitrogens is 4. The number of anilines is 1. The summed E-state index contributed by atoms with van der Waals surface area (Å²) in [5, 5.41) is 3.54. The summed E-state index contributed by atoms with van der Waals surface area (Å²) in [6.07, 6.45) is 4.22. The molecule has 3 rings (SSSR count). The molecule has 0 bridgehead atoms. The topological polar surface area (TPSA) is 64.9 Å². The van der Waals surface area contributed by atoms with Crippen LogP contribution in [-0.2, 0) is 4.74 Å². The second-order valence-corrected chi connectivity index (χ2v) is 5.61. The van der Waals surface area contributed by atoms with Gasteiger partial charge in [0.25, 0.3) is 0 Å². The molecule has 0 aromatic carbocycles. The van der Waals surface area contributed by atoms with E-state index in [2.05, 4.69) is 34.1 Å². The van der Waals surface area contributed by atoms with Gasteiger partial charge >= 0.3 is 0 Å². The number of rotatable bonds is 4. The van der Waals surface area contributed by atoms with Crippen molar-refractivity contribution in [2.75, 3.05) is 18.5 Å². The molecule has 3 heterocycles. The molecule has 1 fully saturated rings. The third kappa shape index (κ3) is 2.58. The zero-order valence-electron chi connectivity index (χ0n) is 11.6. The molecular weight excluding hydrogens is 278 g/mol. The van der Waals surface area contributed by atoms with Crippen LogP contribution in [0.1, 0.15) is 32.7 Å². The Bertz CT molecular complexity index is 606. The van der Waals surface area contributed by atoms with Crippen LogP contribution in [-0.4, -0.2) is 38.8 Å². The first-order valence-electron chi connectivity index (χ1n) is 6.90. The first kappa shape index (κ1) is 13.6. The molecule has 1 unspecified atom stereocenters. The maximum absolute atomic E-state index is 5.97. The van der Waals surface area contributed by atoms with E-state index in [0.29, 0.717) is 5.65 Å². The van der Waals surface area contributed by atoms with Crippen molar-refractivity contribution in [1.29, 1.82) is 0 Å². The van der Waals surface area contributed by atoms with Gasteiger partial charge in [0.1, 0.15) is 5.52 Å². The van der Waals surface area contributed by atoms with E-state index >= 15 is 0 Å². The van der Waals surface area contributed by atoms with Crippen LogP contribution in [0.25, 0.3) is 11.2 Å². The van der Waals surface area contributed by atoms with Gasteiger partial charge in [0.2, 0.25) is 5.28 Å². The molecule has 1 aliphatic heterocycles. The van der Waals surface area contributed by atoms with Gasteiger partial charge in [0, 0.05) is 19.2 Å². The zero-order valence-corrected chi connectivity index (χ0v) is 12.4. The van der Waals surface area contributed by atoms with Gasteiger partial charge in [-0.15, -0.1) is 0 Å². The van der Waals surface area contributed by atoms with Gasteiger partial charge in [-0.3, -0.25) is 0 Å². The summed E-state index contributed by atoms with van der Waals surface area (Å²) in [6, 6.07) is 0.285. The molecule has 0 amide bonds. The number of halogens is 1. The Hall–Kier alpha value is -1.40. The summed E-state index contributed by atoms with van der Waals surface area (Å²) < 4.78 is 7.66. The van der Waals surface area contributed by atoms with E-state index in [9.17, 15) is 0 Å². The van der Waals surface area contributed by atoms with Crippen LogP contribution in [0, 0.1) is 0 Å². The van der Waals surface area contributed by atoms with Crippen LogP contribution in [0.15, 0.2) is 6.33 Å². The number of hydrogen-bond donors (Lipinski definition) is 1. The zero-order chi connectivity index (χ0) is 14.1. The second kappa shape index (κ2) is 5.54. The number of imidazole rings is 1. The Morgan fingerprint density at radius 3 is 3.05 bits per heavy atom. The molecule has 2 aromatic heterocycles. The molecule has 1 saturated heterocycles. The molecule has 0 aliphatic carbocycles. The highest BCUT2D eigenvalue weighted by Gasteiger charge is 2.18. The average molecular weight is 296 g/mol. The summed E-state index contributed by atoms with van der Waals surface area (Å²) in [5.74, 6) is 0.724. The van der Waals surface area contributed by atoms with Crippen molar-refractivity contribution < 1.29 is 4.74 Å². The smallest absolute Gasteiger partial charge is 0.226 e. The highest BCUT2D eigenvalue weighted by Crippen LogP contribution is 2.25. The highest BCUT2D eigenvalue weighted by atomic mass is 35.5. The fraction of sp³-hybridized carbons (Fsp3) is 0.615. The molecule has 20 heavy (non-hydrogen) atoms. The summed E-state index contributed by atoms with van der Waals surface area (Å²) in [6.45, 7) is 5.76. The van der Waals surface area contributed by atoms with Crippen molar-refractivity contribution in [2.24, 2.45) is 0 Å². The lowest BCUT2D eigenvalue weighted by Crippen LogP contribution is -2.19. The van der Waals surface area contributed by atoms with E-state index in [-0.39, 0.29) is 17.4 Å². The van der Waals surface area contributed by atoms with E-state index < -0.39 is 0 Å². The van der Waals surface area contributed by atoms with Crippen LogP contribution in [0.5, 0.6) is 0 Å². The van der Waals surface area contributed by atoms with Crippen LogP contribution in [0.3, 0.4) is 0 Å². The lowest BCUT2D eigenvalue weighted by atomic mass is 10.2. The van der Waals surface area contributed by atoms with Crippen LogP contribution in [0.2, 0.25) is 5.28 Å². The predicted molar refractivity (Wildman–Crippen MR) is 78.2 cm³/mol. The molecule has 1 N–H and O–H groups in total. The Morgan fingerprint density at radius 2 is 2.35 bits per heavy atom. The second-order valence-electron chi connectivity index (χ2n) is 5.27. The van der Waals surface area contributed by atoms with Crippen LogP contribution >= 0.6 is 11.6 Å². The van der Waals surface area contributed by atoms with Gasteiger partial charge in [-0.25, -0.2) is 4.98 Å². The Morgan fingerprint density at radius 1 is 1.50 bits per heavy atom. The molecule has 108 valence electrons. The molecule has 7 heteroatoms. The van der Waals surface area contributed by atoms with E-state index in [1.807, 2.05) is 4.57 Å². The lowest BCUT2D eigenvalue weighted by Gasteiger charge is -2.14. The Labute approximate surface area is 122 Å². The summed E-state index contributed by atoms with van der Waals surface area (Å²) >= 11 is 5.97. The summed E-state index contributed by atoms with van der Waals surface area (Å²) in [4.78, 5) is 12.8. The van der Waals surface area contributed by atoms with Crippen molar-refractivity contribution >= 4 is 28.6 Å². The normalized spacial score (nSPS) is 19.1. The predicted octanol–water partition coefficient (Wildman–Crippen LogP) is 2.65. The van der Waals surface area contributed by atoms with Gasteiger partial charge in [0.15, 0.2) is 11.5 Å². The number of nitrogens with zero attached hydrogens (tertiary/aromatic N) is 4. The fourth-order valence-corrected chi connectivity index (χ4v) is 2.61. The Balaban J connectivity index is 1.92. The molecule has 6 nitrogen and oxygen atoms in total. The van der Waals surface area contributed by atoms with Gasteiger partial charge in [-0.1, -0.05) is 0 Å². The molecule has 0 radical (unpaired) electrons. The maximum Gasteiger partial charge on any atom is 0.226 e.